The minimum Gasteiger partial charge on any atom is -0.480 e. The van der Waals surface area contributed by atoms with Crippen LogP contribution in [0.25, 0.3) is 0 Å². The molecule has 1 aromatic carbocycles. The Morgan fingerprint density at radius 3 is 2.50 bits per heavy atom. The van der Waals surface area contributed by atoms with E-state index in [1.165, 1.54) is 16.7 Å². The Kier molecular flexibility index (Phi) is 6.20. The Morgan fingerprint density at radius 2 is 1.92 bits per heavy atom. The second-order valence-electron chi connectivity index (χ2n) is 6.31. The van der Waals surface area contributed by atoms with Crippen LogP contribution in [-0.2, 0) is 20.8 Å². The minimum absolute atomic E-state index is 0. The summed E-state index contributed by atoms with van der Waals surface area (Å²) in [5, 5.41) is 11.8. The van der Waals surface area contributed by atoms with Gasteiger partial charge >= 0.3 is 57.4 Å². The zero-order valence-electron chi connectivity index (χ0n) is 13.9. The molecular weight excluding hydrogens is 355 g/mol. The third kappa shape index (κ3) is 3.59. The number of carbonyl (C=O) groups excluding carboxylic acids is 2. The molecule has 0 unspecified atom stereocenters. The van der Waals surface area contributed by atoms with E-state index in [-0.39, 0.29) is 75.0 Å². The molecule has 0 aliphatic carbocycles. The smallest absolute Gasteiger partial charge is 0.480 e. The fourth-order valence-corrected chi connectivity index (χ4v) is 4.78. The van der Waals surface area contributed by atoms with E-state index >= 15 is 0 Å². The molecule has 2 aliphatic rings. The summed E-state index contributed by atoms with van der Waals surface area (Å²) in [4.78, 5) is 37.2. The molecule has 2 heterocycles. The van der Waals surface area contributed by atoms with E-state index in [4.69, 9.17) is 0 Å². The molecule has 8 heteroatoms. The molecule has 2 aliphatic heterocycles. The summed E-state index contributed by atoms with van der Waals surface area (Å²) >= 11 is 1.42. The van der Waals surface area contributed by atoms with Crippen LogP contribution in [0.4, 0.5) is 0 Å². The Bertz CT molecular complexity index is 667. The zero-order valence-corrected chi connectivity index (χ0v) is 17.8. The maximum absolute atomic E-state index is 12.3. The van der Waals surface area contributed by atoms with Gasteiger partial charge in [-0.05, 0) is 19.4 Å². The number of aliphatic carboxylic acids is 1. The Balaban J connectivity index is 0.00000208. The van der Waals surface area contributed by atoms with Gasteiger partial charge in [-0.3, -0.25) is 9.59 Å². The number of carbonyl (C=O) groups is 3. The Hall–Kier alpha value is -0.384. The molecule has 2 saturated heterocycles. The Morgan fingerprint density at radius 1 is 1.29 bits per heavy atom. The molecule has 1 aromatic rings. The molecule has 0 spiro atoms. The van der Waals surface area contributed by atoms with Crippen molar-refractivity contribution >= 4 is 29.5 Å². The van der Waals surface area contributed by atoms with Crippen molar-refractivity contribution in [1.82, 2.24) is 10.2 Å². The van der Waals surface area contributed by atoms with Crippen molar-refractivity contribution in [1.29, 1.82) is 0 Å². The number of β-lactam (4-membered cyclic amide) rings is 1. The molecule has 122 valence electrons. The second kappa shape index (κ2) is 7.47. The molecule has 0 saturated carbocycles. The first-order chi connectivity index (χ1) is 10.8. The Labute approximate surface area is 187 Å². The van der Waals surface area contributed by atoms with Gasteiger partial charge in [0.1, 0.15) is 17.5 Å². The number of amides is 2. The number of fused-ring (bicyclic) bond motifs is 1. The first-order valence-electron chi connectivity index (χ1n) is 7.37. The largest absolute Gasteiger partial charge is 1.00 e. The fraction of sp³-hybridized carbons (Fsp3) is 0.438. The quantitative estimate of drug-likeness (QED) is 0.465. The number of carboxylic acid groups (broad SMARTS) is 1. The number of rotatable bonds is 4. The van der Waals surface area contributed by atoms with E-state index in [9.17, 15) is 19.5 Å². The maximum atomic E-state index is 12.3. The van der Waals surface area contributed by atoms with E-state index in [1.807, 2.05) is 44.2 Å². The van der Waals surface area contributed by atoms with E-state index in [0.717, 1.165) is 5.56 Å². The van der Waals surface area contributed by atoms with Gasteiger partial charge in [-0.15, -0.1) is 11.8 Å². The topological polar surface area (TPSA) is 86.7 Å². The molecule has 3 atom stereocenters. The van der Waals surface area contributed by atoms with Gasteiger partial charge in [-0.2, -0.15) is 0 Å². The third-order valence-corrected chi connectivity index (χ3v) is 5.77. The maximum Gasteiger partial charge on any atom is 1.00 e. The summed E-state index contributed by atoms with van der Waals surface area (Å²) in [6, 6.07) is 7.78. The van der Waals surface area contributed by atoms with Crippen molar-refractivity contribution in [2.24, 2.45) is 0 Å². The summed E-state index contributed by atoms with van der Waals surface area (Å²) in [5.41, 5.74) is 0.872. The van der Waals surface area contributed by atoms with E-state index < -0.39 is 22.8 Å². The van der Waals surface area contributed by atoms with Crippen molar-refractivity contribution < 1.29 is 70.9 Å². The van der Waals surface area contributed by atoms with Crippen LogP contribution in [0, 0.1) is 0 Å². The van der Waals surface area contributed by atoms with Crippen LogP contribution in [0.3, 0.4) is 0 Å². The summed E-state index contributed by atoms with van der Waals surface area (Å²) in [6.45, 7) is 3.62. The number of hydrogen-bond donors (Lipinski definition) is 2. The van der Waals surface area contributed by atoms with Crippen LogP contribution in [0.15, 0.2) is 30.3 Å². The predicted octanol–water partition coefficient (Wildman–Crippen LogP) is -2.14. The number of nitrogens with zero attached hydrogens (tertiary/aromatic N) is 1. The van der Waals surface area contributed by atoms with Crippen LogP contribution in [-0.4, -0.2) is 50.0 Å². The van der Waals surface area contributed by atoms with Crippen molar-refractivity contribution in [2.75, 3.05) is 0 Å². The molecule has 2 amide bonds. The van der Waals surface area contributed by atoms with Gasteiger partial charge in [-0.1, -0.05) is 30.3 Å². The van der Waals surface area contributed by atoms with Crippen molar-refractivity contribution in [2.45, 2.75) is 42.5 Å². The van der Waals surface area contributed by atoms with Crippen LogP contribution in [0.5, 0.6) is 0 Å². The van der Waals surface area contributed by atoms with Gasteiger partial charge in [-0.25, -0.2) is 4.79 Å². The molecule has 2 N–H and O–H groups in total. The van der Waals surface area contributed by atoms with Gasteiger partial charge in [0.25, 0.3) is 0 Å². The molecular formula is C16H18KN2O4S+. The second-order valence-corrected chi connectivity index (χ2v) is 8.08. The first kappa shape index (κ1) is 19.9. The molecule has 6 nitrogen and oxygen atoms in total. The van der Waals surface area contributed by atoms with Crippen LogP contribution >= 0.6 is 11.8 Å². The van der Waals surface area contributed by atoms with Crippen LogP contribution in [0.2, 0.25) is 0 Å². The summed E-state index contributed by atoms with van der Waals surface area (Å²) in [6.07, 6.45) is 0.202. The van der Waals surface area contributed by atoms with Crippen LogP contribution in [0.1, 0.15) is 19.4 Å². The van der Waals surface area contributed by atoms with Gasteiger partial charge < -0.3 is 15.3 Å². The number of hydrogen-bond acceptors (Lipinski definition) is 4. The summed E-state index contributed by atoms with van der Waals surface area (Å²) in [5.74, 6) is -1.55. The molecule has 0 bridgehead atoms. The zero-order chi connectivity index (χ0) is 16.8. The molecule has 2 fully saturated rings. The molecule has 0 aromatic heterocycles. The van der Waals surface area contributed by atoms with E-state index in [0.29, 0.717) is 0 Å². The van der Waals surface area contributed by atoms with Gasteiger partial charge in [0, 0.05) is 4.75 Å². The number of benzene rings is 1. The van der Waals surface area contributed by atoms with Gasteiger partial charge in [0.2, 0.25) is 11.8 Å². The van der Waals surface area contributed by atoms with Crippen LogP contribution < -0.4 is 56.7 Å². The molecule has 0 radical (unpaired) electrons. The van der Waals surface area contributed by atoms with Crippen molar-refractivity contribution in [3.63, 3.8) is 0 Å². The molecule has 24 heavy (non-hydrogen) atoms. The van der Waals surface area contributed by atoms with Gasteiger partial charge in [0.15, 0.2) is 0 Å². The monoisotopic (exact) mass is 373 g/mol. The standard InChI is InChI=1S/C16H18N2O4S.K/c1-16(2)12(15(21)22)18-13(20)11(14(18)23-16)17-10(19)8-9-6-4-3-5-7-9;/h3-7,11-12,14H,8H2,1-2H3,(H,17,19)(H,21,22);/q;+1/t11-,12+,14-;/m1./s1. The SMILES string of the molecule is CC1(C)S[C@@H]2[C@H](NC(=O)Cc3ccccc3)C(=O)N2[C@H]1C(=O)O.[K+]. The minimum atomic E-state index is -1.01. The summed E-state index contributed by atoms with van der Waals surface area (Å²) < 4.78 is -0.578. The van der Waals surface area contributed by atoms with Crippen molar-refractivity contribution in [3.05, 3.63) is 35.9 Å². The predicted molar refractivity (Wildman–Crippen MR) is 85.8 cm³/mol. The van der Waals surface area contributed by atoms with E-state index in [2.05, 4.69) is 5.32 Å². The first-order valence-corrected chi connectivity index (χ1v) is 8.25. The van der Waals surface area contributed by atoms with Crippen molar-refractivity contribution in [3.8, 4) is 0 Å². The summed E-state index contributed by atoms with van der Waals surface area (Å²) in [7, 11) is 0. The average Bonchev–Trinajstić information content (AvgIpc) is 2.74. The molecule has 3 rings (SSSR count). The normalized spacial score (nSPS) is 26.8. The fourth-order valence-electron chi connectivity index (χ4n) is 3.15. The number of nitrogens with one attached hydrogen (secondary N) is 1. The number of carboxylic acids is 1. The average molecular weight is 373 g/mol. The third-order valence-electron chi connectivity index (χ3n) is 4.20. The number of thioether (sulfide) groups is 1. The van der Waals surface area contributed by atoms with E-state index in [1.54, 1.807) is 0 Å². The van der Waals surface area contributed by atoms with Gasteiger partial charge in [0.05, 0.1) is 6.42 Å².